The van der Waals surface area contributed by atoms with Gasteiger partial charge in [0.25, 0.3) is 11.8 Å². The molecule has 1 aromatic heterocycles. The van der Waals surface area contributed by atoms with E-state index in [2.05, 4.69) is 5.32 Å². The van der Waals surface area contributed by atoms with E-state index in [9.17, 15) is 9.59 Å². The summed E-state index contributed by atoms with van der Waals surface area (Å²) in [4.78, 5) is 34.9. The van der Waals surface area contributed by atoms with Crippen LogP contribution >= 0.6 is 23.2 Å². The minimum Gasteiger partial charge on any atom is -0.496 e. The molecule has 2 aliphatic heterocycles. The largest absolute Gasteiger partial charge is 0.496 e. The van der Waals surface area contributed by atoms with Crippen LogP contribution in [0.2, 0.25) is 10.0 Å². The highest BCUT2D eigenvalue weighted by Gasteiger charge is 2.64. The predicted octanol–water partition coefficient (Wildman–Crippen LogP) is 6.31. The van der Waals surface area contributed by atoms with Gasteiger partial charge in [0.1, 0.15) is 17.3 Å². The minimum absolute atomic E-state index is 0.172. The molecule has 198 valence electrons. The van der Waals surface area contributed by atoms with Crippen molar-refractivity contribution in [3.8, 4) is 22.9 Å². The fourth-order valence-corrected chi connectivity index (χ4v) is 6.07. The number of hydrogen-bond acceptors (Lipinski definition) is 5. The smallest absolute Gasteiger partial charge is 0.280 e. The van der Waals surface area contributed by atoms with Gasteiger partial charge in [0.05, 0.1) is 30.5 Å². The number of benzene rings is 3. The van der Waals surface area contributed by atoms with Crippen LogP contribution in [0.1, 0.15) is 41.6 Å². The molecule has 2 amide bonds. The zero-order valence-corrected chi connectivity index (χ0v) is 23.1. The summed E-state index contributed by atoms with van der Waals surface area (Å²) in [6.07, 6.45) is 0. The van der Waals surface area contributed by atoms with Crippen molar-refractivity contribution in [2.75, 3.05) is 24.4 Å². The van der Waals surface area contributed by atoms with Gasteiger partial charge in [0.2, 0.25) is 0 Å². The molecule has 1 atom stereocenters. The van der Waals surface area contributed by atoms with E-state index in [4.69, 9.17) is 37.7 Å². The highest BCUT2D eigenvalue weighted by atomic mass is 35.5. The second-order valence-corrected chi connectivity index (χ2v) is 10.5. The maximum absolute atomic E-state index is 14.4. The van der Waals surface area contributed by atoms with Crippen LogP contribution in [0.15, 0.2) is 60.7 Å². The van der Waals surface area contributed by atoms with Gasteiger partial charge in [-0.3, -0.25) is 14.5 Å². The number of imidazole rings is 1. The molecule has 3 aromatic carbocycles. The molecule has 4 aromatic rings. The third-order valence-corrected chi connectivity index (χ3v) is 7.73. The molecule has 0 saturated heterocycles. The van der Waals surface area contributed by atoms with Crippen molar-refractivity contribution in [2.24, 2.45) is 0 Å². The summed E-state index contributed by atoms with van der Waals surface area (Å²) < 4.78 is 12.9. The van der Waals surface area contributed by atoms with Gasteiger partial charge in [-0.1, -0.05) is 41.4 Å². The summed E-state index contributed by atoms with van der Waals surface area (Å²) >= 11 is 12.8. The van der Waals surface area contributed by atoms with Gasteiger partial charge in [0, 0.05) is 28.0 Å². The molecule has 2 aliphatic rings. The molecule has 1 N–H and O–H groups in total. The van der Waals surface area contributed by atoms with E-state index in [1.165, 1.54) is 12.0 Å². The van der Waals surface area contributed by atoms with Gasteiger partial charge >= 0.3 is 0 Å². The number of hydrogen-bond donors (Lipinski definition) is 1. The van der Waals surface area contributed by atoms with Gasteiger partial charge < -0.3 is 19.4 Å². The van der Waals surface area contributed by atoms with E-state index in [1.54, 1.807) is 43.5 Å². The van der Waals surface area contributed by atoms with Crippen LogP contribution in [0.4, 0.5) is 11.4 Å². The van der Waals surface area contributed by atoms with E-state index in [1.807, 2.05) is 42.7 Å². The molecule has 0 fully saturated rings. The molecule has 3 heterocycles. The Morgan fingerprint density at radius 1 is 0.949 bits per heavy atom. The molecule has 0 saturated carbocycles. The molecule has 0 radical (unpaired) electrons. The van der Waals surface area contributed by atoms with Crippen LogP contribution in [0.5, 0.6) is 11.5 Å². The maximum Gasteiger partial charge on any atom is 0.280 e. The number of carbonyl (C=O) groups excluding carboxylic acids is 2. The average Bonchev–Trinajstić information content (AvgIpc) is 3.52. The highest BCUT2D eigenvalue weighted by Crippen LogP contribution is 2.55. The lowest BCUT2D eigenvalue weighted by Gasteiger charge is -2.36. The summed E-state index contributed by atoms with van der Waals surface area (Å²) in [5.74, 6) is 0.756. The Labute approximate surface area is 235 Å². The van der Waals surface area contributed by atoms with Crippen LogP contribution in [-0.4, -0.2) is 35.6 Å². The van der Waals surface area contributed by atoms with E-state index in [0.717, 1.165) is 0 Å². The second kappa shape index (κ2) is 9.03. The molecule has 1 unspecified atom stereocenters. The van der Waals surface area contributed by atoms with Gasteiger partial charge in [-0.2, -0.15) is 0 Å². The van der Waals surface area contributed by atoms with E-state index >= 15 is 0 Å². The first-order chi connectivity index (χ1) is 18.7. The number of nitrogens with zero attached hydrogens (tertiary/aromatic N) is 3. The van der Waals surface area contributed by atoms with E-state index < -0.39 is 17.4 Å². The minimum atomic E-state index is -1.57. The topological polar surface area (TPSA) is 85.7 Å². The number of halogens is 2. The van der Waals surface area contributed by atoms with Crippen molar-refractivity contribution in [1.29, 1.82) is 0 Å². The van der Waals surface area contributed by atoms with Gasteiger partial charge in [-0.15, -0.1) is 0 Å². The Morgan fingerprint density at radius 3 is 2.38 bits per heavy atom. The van der Waals surface area contributed by atoms with Crippen LogP contribution < -0.4 is 19.7 Å². The zero-order valence-electron chi connectivity index (χ0n) is 21.6. The first-order valence-electron chi connectivity index (χ1n) is 12.3. The lowest BCUT2D eigenvalue weighted by atomic mass is 9.87. The fraction of sp³-hybridized carbons (Fsp3) is 0.207. The van der Waals surface area contributed by atoms with Crippen molar-refractivity contribution in [2.45, 2.75) is 25.4 Å². The van der Waals surface area contributed by atoms with E-state index in [-0.39, 0.29) is 11.7 Å². The average molecular weight is 563 g/mol. The molecule has 10 heteroatoms. The number of anilines is 2. The number of rotatable bonds is 5. The predicted molar refractivity (Wildman–Crippen MR) is 150 cm³/mol. The fourth-order valence-electron chi connectivity index (χ4n) is 5.65. The number of amides is 2. The molecule has 0 bridgehead atoms. The maximum atomic E-state index is 14.4. The van der Waals surface area contributed by atoms with Crippen LogP contribution in [0.3, 0.4) is 0 Å². The summed E-state index contributed by atoms with van der Waals surface area (Å²) in [5, 5.41) is 3.73. The van der Waals surface area contributed by atoms with Crippen molar-refractivity contribution < 1.29 is 19.1 Å². The Kier molecular flexibility index (Phi) is 5.86. The standard InChI is InChI=1S/C29H24Cl2N4O4/c1-15(2)34-25-24(33-26(34)18-7-5-6-8-22(18)38-3)27(36)35(17-10-12-23(39-4)20(31)14-17)29(25)19-11-9-16(30)13-21(19)32-28(29)37/h5-15H,1-4H3,(H,32,37). The lowest BCUT2D eigenvalue weighted by Crippen LogP contribution is -2.51. The van der Waals surface area contributed by atoms with Gasteiger partial charge in [0.15, 0.2) is 11.2 Å². The third-order valence-electron chi connectivity index (χ3n) is 7.20. The molecular weight excluding hydrogens is 539 g/mol. The Bertz CT molecular complexity index is 1680. The number of carbonyl (C=O) groups is 2. The molecule has 0 aliphatic carbocycles. The van der Waals surface area contributed by atoms with Crippen LogP contribution in [0.25, 0.3) is 11.4 Å². The summed E-state index contributed by atoms with van der Waals surface area (Å²) in [7, 11) is 3.10. The SMILES string of the molecule is COc1ccc(N2C(=O)c3nc(-c4ccccc4OC)n(C(C)C)c3C23C(=O)Nc2cc(Cl)ccc23)cc1Cl. The normalized spacial score (nSPS) is 17.6. The molecule has 8 nitrogen and oxygen atoms in total. The number of aromatic nitrogens is 2. The first kappa shape index (κ1) is 25.3. The Hall–Kier alpha value is -4.01. The number of nitrogens with one attached hydrogen (secondary N) is 1. The lowest BCUT2D eigenvalue weighted by molar-refractivity contribution is -0.119. The number of ether oxygens (including phenoxy) is 2. The summed E-state index contributed by atoms with van der Waals surface area (Å²) in [5.41, 5.74) is 1.32. The van der Waals surface area contributed by atoms with Crippen molar-refractivity contribution in [3.63, 3.8) is 0 Å². The van der Waals surface area contributed by atoms with Gasteiger partial charge in [-0.25, -0.2) is 4.98 Å². The van der Waals surface area contributed by atoms with Crippen molar-refractivity contribution in [1.82, 2.24) is 9.55 Å². The van der Waals surface area contributed by atoms with Crippen LogP contribution in [-0.2, 0) is 10.3 Å². The number of methoxy groups -OCH3 is 2. The monoisotopic (exact) mass is 562 g/mol. The Balaban J connectivity index is 1.71. The molecule has 39 heavy (non-hydrogen) atoms. The second-order valence-electron chi connectivity index (χ2n) is 9.61. The Morgan fingerprint density at radius 2 is 1.69 bits per heavy atom. The first-order valence-corrected chi connectivity index (χ1v) is 13.0. The zero-order chi connectivity index (χ0) is 27.6. The quantitative estimate of drug-likeness (QED) is 0.308. The molecular formula is C29H24Cl2N4O4. The van der Waals surface area contributed by atoms with Crippen molar-refractivity contribution in [3.05, 3.63) is 87.7 Å². The van der Waals surface area contributed by atoms with Crippen molar-refractivity contribution >= 4 is 46.4 Å². The summed E-state index contributed by atoms with van der Waals surface area (Å²) in [6, 6.07) is 17.5. The van der Waals surface area contributed by atoms with Gasteiger partial charge in [-0.05, 0) is 56.3 Å². The highest BCUT2D eigenvalue weighted by molar-refractivity contribution is 6.33. The van der Waals surface area contributed by atoms with Crippen LogP contribution in [0, 0.1) is 0 Å². The summed E-state index contributed by atoms with van der Waals surface area (Å²) in [6.45, 7) is 3.98. The van der Waals surface area contributed by atoms with E-state index in [0.29, 0.717) is 55.6 Å². The number of fused-ring (bicyclic) bond motifs is 4. The molecule has 6 rings (SSSR count). The number of para-hydroxylation sites is 1. The third kappa shape index (κ3) is 3.41. The molecule has 1 spiro atoms.